The molecular formula is C11H13BrO2. The third kappa shape index (κ3) is 2.35. The molecule has 0 bridgehead atoms. The molecule has 0 heterocycles. The Labute approximate surface area is 92.4 Å². The molecule has 1 aromatic carbocycles. The third-order valence-corrected chi connectivity index (χ3v) is 2.69. The lowest BCUT2D eigenvalue weighted by Gasteiger charge is -2.08. The first kappa shape index (κ1) is 11.2. The van der Waals surface area contributed by atoms with E-state index < -0.39 is 0 Å². The van der Waals surface area contributed by atoms with Gasteiger partial charge in [-0.3, -0.25) is 0 Å². The topological polar surface area (TPSA) is 26.3 Å². The van der Waals surface area contributed by atoms with Crippen molar-refractivity contribution in [2.75, 3.05) is 6.61 Å². The Morgan fingerprint density at radius 3 is 2.79 bits per heavy atom. The summed E-state index contributed by atoms with van der Waals surface area (Å²) in [7, 11) is 0. The van der Waals surface area contributed by atoms with Crippen molar-refractivity contribution in [3.63, 3.8) is 0 Å². The molecule has 14 heavy (non-hydrogen) atoms. The second kappa shape index (κ2) is 5.15. The number of halogens is 1. The molecule has 0 aromatic heterocycles. The molecule has 0 saturated carbocycles. The van der Waals surface area contributed by atoms with Gasteiger partial charge in [0, 0.05) is 5.33 Å². The third-order valence-electron chi connectivity index (χ3n) is 2.09. The molecule has 0 radical (unpaired) electrons. The second-order valence-electron chi connectivity index (χ2n) is 2.94. The molecule has 3 heteroatoms. The highest BCUT2D eigenvalue weighted by atomic mass is 79.9. The van der Waals surface area contributed by atoms with Crippen LogP contribution in [0.3, 0.4) is 0 Å². The summed E-state index contributed by atoms with van der Waals surface area (Å²) in [5.41, 5.74) is 2.77. The van der Waals surface area contributed by atoms with Gasteiger partial charge in [0.05, 0.1) is 12.2 Å². The number of rotatable bonds is 3. The first-order valence-electron chi connectivity index (χ1n) is 4.52. The predicted octanol–water partition coefficient (Wildman–Crippen LogP) is 3.07. The first-order chi connectivity index (χ1) is 6.70. The van der Waals surface area contributed by atoms with Crippen molar-refractivity contribution in [1.82, 2.24) is 0 Å². The molecule has 0 saturated heterocycles. The van der Waals surface area contributed by atoms with Crippen LogP contribution in [0.5, 0.6) is 0 Å². The highest BCUT2D eigenvalue weighted by molar-refractivity contribution is 9.08. The molecule has 0 fully saturated rings. The molecule has 0 unspecified atom stereocenters. The van der Waals surface area contributed by atoms with Gasteiger partial charge in [-0.25, -0.2) is 4.79 Å². The number of carbonyl (C=O) groups is 1. The molecule has 2 nitrogen and oxygen atoms in total. The highest BCUT2D eigenvalue weighted by Gasteiger charge is 2.11. The number of alkyl halides is 1. The standard InChI is InChI=1S/C11H13BrO2/c1-3-14-11(13)10-6-4-5-9(7-12)8(10)2/h4-6H,3,7H2,1-2H3. The van der Waals surface area contributed by atoms with Crippen molar-refractivity contribution in [2.45, 2.75) is 19.2 Å². The van der Waals surface area contributed by atoms with E-state index >= 15 is 0 Å². The van der Waals surface area contributed by atoms with Gasteiger partial charge in [0.2, 0.25) is 0 Å². The minimum absolute atomic E-state index is 0.243. The van der Waals surface area contributed by atoms with E-state index in [1.54, 1.807) is 6.07 Å². The molecule has 76 valence electrons. The summed E-state index contributed by atoms with van der Waals surface area (Å²) >= 11 is 3.38. The molecular weight excluding hydrogens is 244 g/mol. The summed E-state index contributed by atoms with van der Waals surface area (Å²) < 4.78 is 4.95. The van der Waals surface area contributed by atoms with Gasteiger partial charge < -0.3 is 4.74 Å². The van der Waals surface area contributed by atoms with Crippen LogP contribution in [0.4, 0.5) is 0 Å². The Morgan fingerprint density at radius 2 is 2.21 bits per heavy atom. The van der Waals surface area contributed by atoms with Gasteiger partial charge in [0.15, 0.2) is 0 Å². The van der Waals surface area contributed by atoms with Crippen LogP contribution < -0.4 is 0 Å². The van der Waals surface area contributed by atoms with Crippen LogP contribution in [0.1, 0.15) is 28.4 Å². The molecule has 0 aliphatic carbocycles. The van der Waals surface area contributed by atoms with Crippen LogP contribution >= 0.6 is 15.9 Å². The minimum atomic E-state index is -0.243. The van der Waals surface area contributed by atoms with Crippen LogP contribution in [-0.2, 0) is 10.1 Å². The smallest absolute Gasteiger partial charge is 0.338 e. The molecule has 0 N–H and O–H groups in total. The molecule has 0 atom stereocenters. The van der Waals surface area contributed by atoms with Crippen LogP contribution in [-0.4, -0.2) is 12.6 Å². The summed E-state index contributed by atoms with van der Waals surface area (Å²) in [5, 5.41) is 0.756. The molecule has 1 rings (SSSR count). The summed E-state index contributed by atoms with van der Waals surface area (Å²) in [6, 6.07) is 5.65. The zero-order valence-electron chi connectivity index (χ0n) is 8.34. The van der Waals surface area contributed by atoms with E-state index in [1.165, 1.54) is 0 Å². The average molecular weight is 257 g/mol. The van der Waals surface area contributed by atoms with Crippen LogP contribution in [0, 0.1) is 6.92 Å². The Kier molecular flexibility index (Phi) is 4.14. The monoisotopic (exact) mass is 256 g/mol. The normalized spacial score (nSPS) is 9.93. The number of hydrogen-bond donors (Lipinski definition) is 0. The van der Waals surface area contributed by atoms with E-state index in [0.29, 0.717) is 12.2 Å². The fourth-order valence-electron chi connectivity index (χ4n) is 1.26. The largest absolute Gasteiger partial charge is 0.462 e. The van der Waals surface area contributed by atoms with Crippen molar-refractivity contribution >= 4 is 21.9 Å². The van der Waals surface area contributed by atoms with Crippen molar-refractivity contribution < 1.29 is 9.53 Å². The summed E-state index contributed by atoms with van der Waals surface area (Å²) in [6.07, 6.45) is 0. The van der Waals surface area contributed by atoms with E-state index in [9.17, 15) is 4.79 Å². The Balaban J connectivity index is 3.03. The number of hydrogen-bond acceptors (Lipinski definition) is 2. The number of esters is 1. The molecule has 1 aromatic rings. The lowest BCUT2D eigenvalue weighted by Crippen LogP contribution is -2.07. The van der Waals surface area contributed by atoms with Gasteiger partial charge >= 0.3 is 5.97 Å². The summed E-state index contributed by atoms with van der Waals surface area (Å²) in [6.45, 7) is 4.15. The number of carbonyl (C=O) groups excluding carboxylic acids is 1. The minimum Gasteiger partial charge on any atom is -0.462 e. The van der Waals surface area contributed by atoms with Crippen molar-refractivity contribution in [3.8, 4) is 0 Å². The van der Waals surface area contributed by atoms with E-state index in [0.717, 1.165) is 16.5 Å². The van der Waals surface area contributed by atoms with Crippen LogP contribution in [0.25, 0.3) is 0 Å². The summed E-state index contributed by atoms with van der Waals surface area (Å²) in [4.78, 5) is 11.5. The van der Waals surface area contributed by atoms with E-state index in [2.05, 4.69) is 15.9 Å². The van der Waals surface area contributed by atoms with Crippen LogP contribution in [0.2, 0.25) is 0 Å². The van der Waals surface area contributed by atoms with Gasteiger partial charge in [0.25, 0.3) is 0 Å². The maximum Gasteiger partial charge on any atom is 0.338 e. The fourth-order valence-corrected chi connectivity index (χ4v) is 1.87. The van der Waals surface area contributed by atoms with Gasteiger partial charge in [-0.05, 0) is 31.0 Å². The maximum atomic E-state index is 11.5. The quantitative estimate of drug-likeness (QED) is 0.614. The first-order valence-corrected chi connectivity index (χ1v) is 5.64. The van der Waals surface area contributed by atoms with Crippen molar-refractivity contribution in [2.24, 2.45) is 0 Å². The second-order valence-corrected chi connectivity index (χ2v) is 3.50. The molecule has 0 aliphatic rings. The lowest BCUT2D eigenvalue weighted by molar-refractivity contribution is 0.0525. The Morgan fingerprint density at radius 1 is 1.50 bits per heavy atom. The lowest BCUT2D eigenvalue weighted by atomic mass is 10.0. The van der Waals surface area contributed by atoms with Crippen molar-refractivity contribution in [3.05, 3.63) is 34.9 Å². The molecule has 0 aliphatic heterocycles. The molecule has 0 amide bonds. The zero-order chi connectivity index (χ0) is 10.6. The molecule has 0 spiro atoms. The fraction of sp³-hybridized carbons (Fsp3) is 0.364. The predicted molar refractivity (Wildman–Crippen MR) is 59.8 cm³/mol. The van der Waals surface area contributed by atoms with Crippen LogP contribution in [0.15, 0.2) is 18.2 Å². The SMILES string of the molecule is CCOC(=O)c1cccc(CBr)c1C. The zero-order valence-corrected chi connectivity index (χ0v) is 9.93. The Bertz CT molecular complexity index is 334. The maximum absolute atomic E-state index is 11.5. The van der Waals surface area contributed by atoms with E-state index in [4.69, 9.17) is 4.74 Å². The Hall–Kier alpha value is -0.830. The van der Waals surface area contributed by atoms with Gasteiger partial charge in [-0.2, -0.15) is 0 Å². The van der Waals surface area contributed by atoms with Gasteiger partial charge in [-0.1, -0.05) is 28.1 Å². The van der Waals surface area contributed by atoms with Gasteiger partial charge in [0.1, 0.15) is 0 Å². The van der Waals surface area contributed by atoms with E-state index in [-0.39, 0.29) is 5.97 Å². The van der Waals surface area contributed by atoms with E-state index in [1.807, 2.05) is 26.0 Å². The summed E-state index contributed by atoms with van der Waals surface area (Å²) in [5.74, 6) is -0.243. The number of ether oxygens (including phenoxy) is 1. The number of benzene rings is 1. The van der Waals surface area contributed by atoms with Gasteiger partial charge in [-0.15, -0.1) is 0 Å². The average Bonchev–Trinajstić information content (AvgIpc) is 2.18. The highest BCUT2D eigenvalue weighted by Crippen LogP contribution is 2.17. The van der Waals surface area contributed by atoms with Crippen molar-refractivity contribution in [1.29, 1.82) is 0 Å².